The van der Waals surface area contributed by atoms with Crippen LogP contribution in [0, 0.1) is 12.8 Å². The monoisotopic (exact) mass is 247 g/mol. The summed E-state index contributed by atoms with van der Waals surface area (Å²) in [6, 6.07) is 8.69. The van der Waals surface area contributed by atoms with E-state index in [-0.39, 0.29) is 0 Å². The minimum atomic E-state index is 0.863. The molecular weight excluding hydrogens is 218 g/mol. The summed E-state index contributed by atoms with van der Waals surface area (Å²) in [7, 11) is 0. The first-order chi connectivity index (χ1) is 8.77. The predicted octanol–water partition coefficient (Wildman–Crippen LogP) is 4.34. The second kappa shape index (κ2) is 9.16. The Labute approximate surface area is 113 Å². The molecule has 0 aromatic heterocycles. The molecular formula is C17H29N. The van der Waals surface area contributed by atoms with Gasteiger partial charge in [-0.2, -0.15) is 0 Å². The first kappa shape index (κ1) is 15.2. The molecule has 0 aliphatic rings. The smallest absolute Gasteiger partial charge is 0.000814 e. The van der Waals surface area contributed by atoms with Crippen molar-refractivity contribution in [2.75, 3.05) is 13.1 Å². The molecule has 0 heterocycles. The van der Waals surface area contributed by atoms with Crippen molar-refractivity contribution in [3.8, 4) is 0 Å². The van der Waals surface area contributed by atoms with Gasteiger partial charge in [0.05, 0.1) is 0 Å². The second-order valence-electron chi connectivity index (χ2n) is 5.30. The van der Waals surface area contributed by atoms with Crippen molar-refractivity contribution in [2.24, 2.45) is 5.92 Å². The van der Waals surface area contributed by atoms with Crippen LogP contribution in [-0.2, 0) is 6.42 Å². The topological polar surface area (TPSA) is 12.0 Å². The van der Waals surface area contributed by atoms with E-state index in [4.69, 9.17) is 0 Å². The van der Waals surface area contributed by atoms with Gasteiger partial charge in [0.25, 0.3) is 0 Å². The molecule has 1 atom stereocenters. The molecule has 1 nitrogen and oxygen atoms in total. The molecule has 1 aromatic carbocycles. The highest BCUT2D eigenvalue weighted by atomic mass is 14.8. The Bertz CT molecular complexity index is 319. The number of hydrogen-bond donors (Lipinski definition) is 1. The molecule has 0 aliphatic heterocycles. The van der Waals surface area contributed by atoms with Crippen LogP contribution >= 0.6 is 0 Å². The van der Waals surface area contributed by atoms with Crippen LogP contribution < -0.4 is 5.32 Å². The normalized spacial score (nSPS) is 12.6. The van der Waals surface area contributed by atoms with E-state index in [2.05, 4.69) is 50.4 Å². The number of aryl methyl sites for hydroxylation is 1. The van der Waals surface area contributed by atoms with Gasteiger partial charge in [-0.05, 0) is 49.9 Å². The number of rotatable bonds is 9. The van der Waals surface area contributed by atoms with Gasteiger partial charge in [-0.25, -0.2) is 0 Å². The average molecular weight is 247 g/mol. The lowest BCUT2D eigenvalue weighted by Gasteiger charge is -2.15. The van der Waals surface area contributed by atoms with Crippen LogP contribution in [0.4, 0.5) is 0 Å². The van der Waals surface area contributed by atoms with Gasteiger partial charge >= 0.3 is 0 Å². The maximum absolute atomic E-state index is 3.62. The van der Waals surface area contributed by atoms with Crippen LogP contribution in [0.1, 0.15) is 50.7 Å². The zero-order valence-electron chi connectivity index (χ0n) is 12.3. The van der Waals surface area contributed by atoms with Crippen molar-refractivity contribution in [3.63, 3.8) is 0 Å². The molecule has 0 spiro atoms. The van der Waals surface area contributed by atoms with E-state index >= 15 is 0 Å². The molecule has 1 heteroatoms. The number of nitrogens with one attached hydrogen (secondary N) is 1. The van der Waals surface area contributed by atoms with E-state index in [1.807, 2.05) is 0 Å². The van der Waals surface area contributed by atoms with Crippen molar-refractivity contribution in [3.05, 3.63) is 35.4 Å². The van der Waals surface area contributed by atoms with Gasteiger partial charge in [0, 0.05) is 0 Å². The lowest BCUT2D eigenvalue weighted by molar-refractivity contribution is 0.421. The van der Waals surface area contributed by atoms with Crippen LogP contribution in [0.25, 0.3) is 0 Å². The SMILES string of the molecule is CCCCC(CC)CNCCc1ccccc1C. The van der Waals surface area contributed by atoms with Crippen molar-refractivity contribution in [1.82, 2.24) is 5.32 Å². The number of hydrogen-bond acceptors (Lipinski definition) is 1. The summed E-state index contributed by atoms with van der Waals surface area (Å²) in [4.78, 5) is 0. The second-order valence-corrected chi connectivity index (χ2v) is 5.30. The highest BCUT2D eigenvalue weighted by Gasteiger charge is 2.05. The van der Waals surface area contributed by atoms with E-state index in [1.54, 1.807) is 0 Å². The van der Waals surface area contributed by atoms with Gasteiger partial charge in [0.15, 0.2) is 0 Å². The van der Waals surface area contributed by atoms with E-state index in [9.17, 15) is 0 Å². The van der Waals surface area contributed by atoms with Gasteiger partial charge in [-0.1, -0.05) is 57.4 Å². The van der Waals surface area contributed by atoms with Gasteiger partial charge < -0.3 is 5.32 Å². The summed E-state index contributed by atoms with van der Waals surface area (Å²) < 4.78 is 0. The van der Waals surface area contributed by atoms with Gasteiger partial charge in [0.1, 0.15) is 0 Å². The minimum absolute atomic E-state index is 0.863. The standard InChI is InChI=1S/C17H29N/c1-4-6-10-16(5-2)14-18-13-12-17-11-8-7-9-15(17)3/h7-9,11,16,18H,4-6,10,12-14H2,1-3H3. The largest absolute Gasteiger partial charge is 0.316 e. The van der Waals surface area contributed by atoms with Crippen molar-refractivity contribution in [1.29, 1.82) is 0 Å². The Morgan fingerprint density at radius 1 is 1.17 bits per heavy atom. The summed E-state index contributed by atoms with van der Waals surface area (Å²) in [5, 5.41) is 3.62. The summed E-state index contributed by atoms with van der Waals surface area (Å²) in [6.07, 6.45) is 6.52. The fourth-order valence-electron chi connectivity index (χ4n) is 2.36. The Morgan fingerprint density at radius 3 is 2.61 bits per heavy atom. The fraction of sp³-hybridized carbons (Fsp3) is 0.647. The Hall–Kier alpha value is -0.820. The minimum Gasteiger partial charge on any atom is -0.316 e. The summed E-state index contributed by atoms with van der Waals surface area (Å²) in [5.74, 6) is 0.863. The van der Waals surface area contributed by atoms with Gasteiger partial charge in [-0.3, -0.25) is 0 Å². The molecule has 1 unspecified atom stereocenters. The van der Waals surface area contributed by atoms with Gasteiger partial charge in [0.2, 0.25) is 0 Å². The Morgan fingerprint density at radius 2 is 1.94 bits per heavy atom. The number of benzene rings is 1. The molecule has 0 saturated heterocycles. The van der Waals surface area contributed by atoms with Crippen LogP contribution in [0.2, 0.25) is 0 Å². The third-order valence-corrected chi connectivity index (χ3v) is 3.81. The quantitative estimate of drug-likeness (QED) is 0.640. The highest BCUT2D eigenvalue weighted by Crippen LogP contribution is 2.11. The van der Waals surface area contributed by atoms with E-state index < -0.39 is 0 Å². The van der Waals surface area contributed by atoms with Crippen molar-refractivity contribution in [2.45, 2.75) is 52.9 Å². The first-order valence-corrected chi connectivity index (χ1v) is 7.53. The van der Waals surface area contributed by atoms with Crippen molar-refractivity contribution >= 4 is 0 Å². The first-order valence-electron chi connectivity index (χ1n) is 7.53. The third-order valence-electron chi connectivity index (χ3n) is 3.81. The zero-order valence-corrected chi connectivity index (χ0v) is 12.3. The van der Waals surface area contributed by atoms with E-state index in [1.165, 1.54) is 43.4 Å². The van der Waals surface area contributed by atoms with E-state index in [0.29, 0.717) is 0 Å². The Kier molecular flexibility index (Phi) is 7.75. The predicted molar refractivity (Wildman–Crippen MR) is 81.1 cm³/mol. The summed E-state index contributed by atoms with van der Waals surface area (Å²) in [5.41, 5.74) is 2.89. The number of unbranched alkanes of at least 4 members (excludes halogenated alkanes) is 1. The van der Waals surface area contributed by atoms with Crippen LogP contribution in [0.3, 0.4) is 0 Å². The van der Waals surface area contributed by atoms with Crippen LogP contribution in [0.5, 0.6) is 0 Å². The molecule has 0 amide bonds. The third kappa shape index (κ3) is 5.68. The summed E-state index contributed by atoms with van der Waals surface area (Å²) in [6.45, 7) is 9.07. The summed E-state index contributed by atoms with van der Waals surface area (Å²) >= 11 is 0. The molecule has 0 aliphatic carbocycles. The van der Waals surface area contributed by atoms with Crippen molar-refractivity contribution < 1.29 is 0 Å². The zero-order chi connectivity index (χ0) is 13.2. The molecule has 1 rings (SSSR count). The molecule has 0 bridgehead atoms. The maximum atomic E-state index is 3.62. The van der Waals surface area contributed by atoms with E-state index in [0.717, 1.165) is 18.9 Å². The maximum Gasteiger partial charge on any atom is -0.000814 e. The fourth-order valence-corrected chi connectivity index (χ4v) is 2.36. The molecule has 0 saturated carbocycles. The van der Waals surface area contributed by atoms with Crippen LogP contribution in [0.15, 0.2) is 24.3 Å². The lowest BCUT2D eigenvalue weighted by atomic mass is 9.99. The highest BCUT2D eigenvalue weighted by molar-refractivity contribution is 5.25. The van der Waals surface area contributed by atoms with Crippen LogP contribution in [-0.4, -0.2) is 13.1 Å². The molecule has 1 N–H and O–H groups in total. The average Bonchev–Trinajstić information content (AvgIpc) is 2.40. The molecule has 0 fully saturated rings. The molecule has 18 heavy (non-hydrogen) atoms. The lowest BCUT2D eigenvalue weighted by Crippen LogP contribution is -2.24. The Balaban J connectivity index is 2.19. The van der Waals surface area contributed by atoms with Gasteiger partial charge in [-0.15, -0.1) is 0 Å². The molecule has 1 aromatic rings. The molecule has 102 valence electrons. The molecule has 0 radical (unpaired) electrons.